The molecule has 0 unspecified atom stereocenters. The van der Waals surface area contributed by atoms with Gasteiger partial charge < -0.3 is 25.4 Å². The lowest BCUT2D eigenvalue weighted by Gasteiger charge is -2.58. The van der Waals surface area contributed by atoms with Gasteiger partial charge >= 0.3 is 6.09 Å². The zero-order valence-corrected chi connectivity index (χ0v) is 24.7. The van der Waals surface area contributed by atoms with Gasteiger partial charge in [0.05, 0.1) is 19.8 Å². The minimum atomic E-state index is -1.46. The van der Waals surface area contributed by atoms with Gasteiger partial charge in [-0.1, -0.05) is 65.5 Å². The molecule has 4 aliphatic carbocycles. The number of carbonyl (C=O) groups is 1. The summed E-state index contributed by atoms with van der Waals surface area (Å²) in [5, 5.41) is 31.0. The Labute approximate surface area is 231 Å². The Balaban J connectivity index is 1.40. The van der Waals surface area contributed by atoms with E-state index in [1.807, 2.05) is 0 Å². The van der Waals surface area contributed by atoms with Crippen LogP contribution in [-0.2, 0) is 4.74 Å². The molecule has 4 aliphatic rings. The molecule has 3 saturated carbocycles. The van der Waals surface area contributed by atoms with Gasteiger partial charge in [0.2, 0.25) is 0 Å². The number of aliphatic hydroxyl groups excluding tert-OH is 3. The molecule has 0 aliphatic heterocycles. The molecule has 8 atom stereocenters. The number of rotatable bonds is 10. The number of aliphatic hydroxyl groups is 3. The third-order valence-electron chi connectivity index (χ3n) is 11.8. The molecule has 0 aromatic carbocycles. The summed E-state index contributed by atoms with van der Waals surface area (Å²) in [6.45, 7) is 10.7. The Kier molecular flexibility index (Phi) is 9.26. The highest BCUT2D eigenvalue weighted by Gasteiger charge is 2.59. The second kappa shape index (κ2) is 11.8. The lowest BCUT2D eigenvalue weighted by Crippen LogP contribution is -2.57. The maximum absolute atomic E-state index is 12.5. The number of amides is 1. The van der Waals surface area contributed by atoms with E-state index in [2.05, 4.69) is 46.0 Å². The maximum atomic E-state index is 12.5. The highest BCUT2D eigenvalue weighted by atomic mass is 16.6. The first-order valence-corrected chi connectivity index (χ1v) is 15.5. The van der Waals surface area contributed by atoms with E-state index in [1.165, 1.54) is 50.5 Å². The number of nitrogens with one attached hydrogen (secondary N) is 1. The van der Waals surface area contributed by atoms with E-state index in [9.17, 15) is 20.1 Å². The quantitative estimate of drug-likeness (QED) is 0.265. The van der Waals surface area contributed by atoms with E-state index in [0.29, 0.717) is 5.41 Å². The van der Waals surface area contributed by atoms with Crippen molar-refractivity contribution in [3.8, 4) is 0 Å². The fraction of sp³-hybridized carbons (Fsp3) is 0.906. The summed E-state index contributed by atoms with van der Waals surface area (Å²) in [6.07, 6.45) is 15.0. The van der Waals surface area contributed by atoms with Crippen LogP contribution >= 0.6 is 0 Å². The molecule has 0 bridgehead atoms. The van der Waals surface area contributed by atoms with E-state index in [4.69, 9.17) is 4.74 Å². The number of ether oxygens (including phenoxy) is 1. The van der Waals surface area contributed by atoms with Crippen molar-refractivity contribution < 1.29 is 24.9 Å². The van der Waals surface area contributed by atoms with Crippen LogP contribution in [0.3, 0.4) is 0 Å². The van der Waals surface area contributed by atoms with Crippen molar-refractivity contribution in [1.82, 2.24) is 5.32 Å². The highest BCUT2D eigenvalue weighted by Crippen LogP contribution is 2.67. The lowest BCUT2D eigenvalue weighted by molar-refractivity contribution is -0.0588. The molecule has 1 amide bonds. The van der Waals surface area contributed by atoms with E-state index in [0.717, 1.165) is 61.2 Å². The van der Waals surface area contributed by atoms with Crippen LogP contribution in [0.4, 0.5) is 4.79 Å². The van der Waals surface area contributed by atoms with Crippen LogP contribution in [0.15, 0.2) is 11.6 Å². The zero-order valence-electron chi connectivity index (χ0n) is 24.7. The molecule has 0 aromatic heterocycles. The summed E-state index contributed by atoms with van der Waals surface area (Å²) in [4.78, 5) is 12.5. The third-order valence-corrected chi connectivity index (χ3v) is 11.8. The smallest absolute Gasteiger partial charge is 0.408 e. The Morgan fingerprint density at radius 2 is 1.74 bits per heavy atom. The number of hydrogen-bond acceptors (Lipinski definition) is 5. The molecular formula is C32H55NO5. The van der Waals surface area contributed by atoms with Gasteiger partial charge in [-0.2, -0.15) is 0 Å². The molecule has 218 valence electrons. The molecule has 38 heavy (non-hydrogen) atoms. The normalized spacial score (nSPS) is 37.6. The van der Waals surface area contributed by atoms with Gasteiger partial charge in [-0.25, -0.2) is 4.79 Å². The first kappa shape index (κ1) is 29.9. The molecule has 6 heteroatoms. The molecular weight excluding hydrogens is 478 g/mol. The third kappa shape index (κ3) is 5.56. The van der Waals surface area contributed by atoms with Gasteiger partial charge in [0.15, 0.2) is 0 Å². The Bertz CT molecular complexity index is 845. The average molecular weight is 534 g/mol. The second-order valence-electron chi connectivity index (χ2n) is 14.4. The monoisotopic (exact) mass is 533 g/mol. The van der Waals surface area contributed by atoms with Crippen molar-refractivity contribution >= 4 is 6.09 Å². The summed E-state index contributed by atoms with van der Waals surface area (Å²) < 4.78 is 5.73. The number of alkyl carbamates (subject to hydrolysis) is 1. The zero-order chi connectivity index (χ0) is 27.7. The molecule has 4 N–H and O–H groups in total. The van der Waals surface area contributed by atoms with Crippen molar-refractivity contribution in [3.63, 3.8) is 0 Å². The topological polar surface area (TPSA) is 99.0 Å². The number of hydrogen-bond donors (Lipinski definition) is 4. The van der Waals surface area contributed by atoms with Gasteiger partial charge in [-0.15, -0.1) is 0 Å². The Hall–Kier alpha value is -1.11. The molecule has 6 nitrogen and oxygen atoms in total. The summed E-state index contributed by atoms with van der Waals surface area (Å²) in [5.41, 5.74) is 0.668. The van der Waals surface area contributed by atoms with Gasteiger partial charge in [0.25, 0.3) is 0 Å². The predicted molar refractivity (Wildman–Crippen MR) is 150 cm³/mol. The molecule has 0 radical (unpaired) electrons. The fourth-order valence-corrected chi connectivity index (χ4v) is 9.42. The van der Waals surface area contributed by atoms with E-state index in [1.54, 1.807) is 0 Å². The van der Waals surface area contributed by atoms with Crippen LogP contribution in [0, 0.1) is 46.3 Å². The Morgan fingerprint density at radius 1 is 1.03 bits per heavy atom. The van der Waals surface area contributed by atoms with Gasteiger partial charge in [-0.05, 0) is 91.3 Å². The van der Waals surface area contributed by atoms with Crippen molar-refractivity contribution in [3.05, 3.63) is 11.6 Å². The first-order valence-electron chi connectivity index (χ1n) is 15.5. The predicted octanol–water partition coefficient (Wildman–Crippen LogP) is 5.84. The number of allylic oxidation sites excluding steroid dienone is 1. The van der Waals surface area contributed by atoms with Crippen molar-refractivity contribution in [1.29, 1.82) is 0 Å². The number of fused-ring (bicyclic) bond motifs is 5. The molecule has 0 heterocycles. The van der Waals surface area contributed by atoms with Crippen molar-refractivity contribution in [2.24, 2.45) is 46.3 Å². The van der Waals surface area contributed by atoms with Gasteiger partial charge in [0, 0.05) is 6.42 Å². The molecule has 4 rings (SSSR count). The summed E-state index contributed by atoms with van der Waals surface area (Å²) >= 11 is 0. The highest BCUT2D eigenvalue weighted by molar-refractivity contribution is 5.68. The number of carbonyl (C=O) groups excluding carboxylic acids is 1. The summed E-state index contributed by atoms with van der Waals surface area (Å²) in [7, 11) is 0. The molecule has 0 saturated heterocycles. The summed E-state index contributed by atoms with van der Waals surface area (Å²) in [5.74, 6) is 4.82. The van der Waals surface area contributed by atoms with Crippen LogP contribution in [0.25, 0.3) is 0 Å². The Morgan fingerprint density at radius 3 is 2.39 bits per heavy atom. The molecule has 0 spiro atoms. The second-order valence-corrected chi connectivity index (χ2v) is 14.4. The van der Waals surface area contributed by atoms with Crippen molar-refractivity contribution in [2.75, 3.05) is 19.8 Å². The molecule has 0 aromatic rings. The minimum absolute atomic E-state index is 0.187. The van der Waals surface area contributed by atoms with E-state index >= 15 is 0 Å². The SMILES string of the molecule is CC(C)CCC[C@H](C)[C@@H]1CC[C@@H]2[C@H]3CC=C4C[C@@H](OC(=O)NC(CO)(CO)CO)CC[C@]4(C)[C@@H]3CC[C@]21C. The van der Waals surface area contributed by atoms with Gasteiger partial charge in [0.1, 0.15) is 11.6 Å². The van der Waals surface area contributed by atoms with Crippen LogP contribution < -0.4 is 5.32 Å². The fourth-order valence-electron chi connectivity index (χ4n) is 9.42. The van der Waals surface area contributed by atoms with Crippen LogP contribution in [0.2, 0.25) is 0 Å². The van der Waals surface area contributed by atoms with Crippen LogP contribution in [0.5, 0.6) is 0 Å². The largest absolute Gasteiger partial charge is 0.446 e. The minimum Gasteiger partial charge on any atom is -0.446 e. The van der Waals surface area contributed by atoms with Crippen molar-refractivity contribution in [2.45, 2.75) is 117 Å². The van der Waals surface area contributed by atoms with Crippen LogP contribution in [0.1, 0.15) is 105 Å². The maximum Gasteiger partial charge on any atom is 0.408 e. The standard InChI is InChI=1S/C32H55NO5/c1-21(2)7-6-8-22(3)26-11-12-27-25-10-9-23-17-24(38-29(37)33-32(18-34,19-35)20-36)13-15-30(23,4)28(25)14-16-31(26,27)5/h9,21-22,24-28,34-36H,6-8,10-20H2,1-5H3,(H,33,37)/t22-,24-,25+,26-,27+,28+,30-,31-/m0/s1. The summed E-state index contributed by atoms with van der Waals surface area (Å²) in [6, 6.07) is 0. The van der Waals surface area contributed by atoms with Gasteiger partial charge in [-0.3, -0.25) is 0 Å². The van der Waals surface area contributed by atoms with Crippen LogP contribution in [-0.4, -0.2) is 52.9 Å². The first-order chi connectivity index (χ1) is 18.0. The molecule has 3 fully saturated rings. The van der Waals surface area contributed by atoms with E-state index < -0.39 is 31.5 Å². The lowest BCUT2D eigenvalue weighted by atomic mass is 9.47. The van der Waals surface area contributed by atoms with E-state index in [-0.39, 0.29) is 11.5 Å². The average Bonchev–Trinajstić information content (AvgIpc) is 3.24.